The van der Waals surface area contributed by atoms with E-state index in [2.05, 4.69) is 0 Å². The highest BCUT2D eigenvalue weighted by Gasteiger charge is 2.39. The van der Waals surface area contributed by atoms with E-state index in [1.165, 1.54) is 7.11 Å². The number of piperidine rings is 1. The van der Waals surface area contributed by atoms with Crippen LogP contribution in [-0.4, -0.2) is 55.4 Å². The van der Waals surface area contributed by atoms with Gasteiger partial charge in [-0.3, -0.25) is 4.79 Å². The number of carbonyl (C=O) groups excluding carboxylic acids is 2. The Balaban J connectivity index is 1.50. The van der Waals surface area contributed by atoms with Gasteiger partial charge < -0.3 is 29.1 Å². The number of fused-ring (bicyclic) bond motifs is 1. The van der Waals surface area contributed by atoms with Crippen LogP contribution in [0.25, 0.3) is 0 Å². The Morgan fingerprint density at radius 1 is 1.00 bits per heavy atom. The van der Waals surface area contributed by atoms with Crippen molar-refractivity contribution in [3.8, 4) is 11.5 Å². The van der Waals surface area contributed by atoms with Crippen LogP contribution >= 0.6 is 11.6 Å². The number of hydrogen-bond acceptors (Lipinski definition) is 6. The van der Waals surface area contributed by atoms with Gasteiger partial charge in [-0.15, -0.1) is 0 Å². The van der Waals surface area contributed by atoms with Gasteiger partial charge >= 0.3 is 6.09 Å². The molecule has 228 valence electrons. The van der Waals surface area contributed by atoms with Crippen LogP contribution in [-0.2, 0) is 21.6 Å². The van der Waals surface area contributed by atoms with E-state index in [9.17, 15) is 14.7 Å². The lowest BCUT2D eigenvalue weighted by atomic mass is 9.77. The SMILES string of the molecule is COC(=O)N1CCC(C(C)(O)c2ccc(N3C(=O)Cc4cc(OC)c(OC(C)C)cc4C3c3ccc(Cl)cc3)cc2)CC1. The number of carbonyl (C=O) groups is 2. The molecule has 1 saturated heterocycles. The van der Waals surface area contributed by atoms with Crippen molar-refractivity contribution in [2.24, 2.45) is 5.92 Å². The summed E-state index contributed by atoms with van der Waals surface area (Å²) in [6.07, 6.45) is 1.13. The zero-order chi connectivity index (χ0) is 30.9. The van der Waals surface area contributed by atoms with Crippen molar-refractivity contribution in [1.82, 2.24) is 4.90 Å². The molecule has 3 aromatic carbocycles. The van der Waals surface area contributed by atoms with Gasteiger partial charge in [-0.25, -0.2) is 4.79 Å². The van der Waals surface area contributed by atoms with E-state index in [0.29, 0.717) is 42.5 Å². The lowest BCUT2D eigenvalue weighted by Gasteiger charge is -2.40. The molecule has 2 unspecified atom stereocenters. The van der Waals surface area contributed by atoms with Crippen LogP contribution < -0.4 is 14.4 Å². The summed E-state index contributed by atoms with van der Waals surface area (Å²) >= 11 is 6.24. The molecule has 0 saturated carbocycles. The molecule has 5 rings (SSSR count). The van der Waals surface area contributed by atoms with Crippen LogP contribution in [0.5, 0.6) is 11.5 Å². The fourth-order valence-electron chi connectivity index (χ4n) is 6.28. The highest BCUT2D eigenvalue weighted by molar-refractivity contribution is 6.30. The molecule has 0 aliphatic carbocycles. The second-order valence-electron chi connectivity index (χ2n) is 11.7. The summed E-state index contributed by atoms with van der Waals surface area (Å²) in [5, 5.41) is 12.2. The Labute approximate surface area is 258 Å². The number of hydrogen-bond donors (Lipinski definition) is 1. The van der Waals surface area contributed by atoms with Crippen molar-refractivity contribution < 1.29 is 28.9 Å². The Hall–Kier alpha value is -3.75. The maximum atomic E-state index is 13.8. The Morgan fingerprint density at radius 2 is 1.65 bits per heavy atom. The van der Waals surface area contributed by atoms with Crippen molar-refractivity contribution in [3.05, 3.63) is 87.9 Å². The molecule has 2 aliphatic heterocycles. The van der Waals surface area contributed by atoms with Crippen molar-refractivity contribution >= 4 is 29.3 Å². The third-order valence-electron chi connectivity index (χ3n) is 8.59. The Kier molecular flexibility index (Phi) is 8.90. The summed E-state index contributed by atoms with van der Waals surface area (Å²) in [6, 6.07) is 18.6. The van der Waals surface area contributed by atoms with E-state index in [4.69, 9.17) is 25.8 Å². The topological polar surface area (TPSA) is 88.5 Å². The van der Waals surface area contributed by atoms with Crippen molar-refractivity contribution in [2.75, 3.05) is 32.2 Å². The fraction of sp³-hybridized carbons (Fsp3) is 0.412. The molecule has 2 aliphatic rings. The van der Waals surface area contributed by atoms with Crippen LogP contribution in [0, 0.1) is 5.92 Å². The van der Waals surface area contributed by atoms with Crippen molar-refractivity contribution in [3.63, 3.8) is 0 Å². The van der Waals surface area contributed by atoms with Gasteiger partial charge in [0.15, 0.2) is 11.5 Å². The number of likely N-dealkylation sites (tertiary alicyclic amines) is 1. The molecular weight excluding hydrogens is 568 g/mol. The monoisotopic (exact) mass is 606 g/mol. The molecule has 1 N–H and O–H groups in total. The summed E-state index contributed by atoms with van der Waals surface area (Å²) in [5.41, 5.74) is 3.12. The molecule has 2 amide bonds. The number of rotatable bonds is 7. The predicted molar refractivity (Wildman–Crippen MR) is 166 cm³/mol. The second kappa shape index (κ2) is 12.5. The van der Waals surface area contributed by atoms with E-state index in [1.807, 2.05) is 86.3 Å². The molecule has 2 atom stereocenters. The first-order valence-electron chi connectivity index (χ1n) is 14.6. The summed E-state index contributed by atoms with van der Waals surface area (Å²) in [6.45, 7) is 6.81. The van der Waals surface area contributed by atoms with Gasteiger partial charge in [0, 0.05) is 23.8 Å². The summed E-state index contributed by atoms with van der Waals surface area (Å²) in [7, 11) is 2.98. The van der Waals surface area contributed by atoms with E-state index in [1.54, 1.807) is 12.0 Å². The standard InChI is InChI=1S/C34H39ClN2O6/c1-21(2)43-30-20-28-23(18-29(30)41-4)19-31(38)37(32(28)22-6-10-26(35)11-7-22)27-12-8-24(9-13-27)34(3,40)25-14-16-36(17-15-25)33(39)42-5/h6-13,18,20-21,25,32,40H,14-17,19H2,1-5H3. The average Bonchev–Trinajstić information content (AvgIpc) is 3.00. The van der Waals surface area contributed by atoms with Crippen molar-refractivity contribution in [2.45, 2.75) is 57.8 Å². The summed E-state index contributed by atoms with van der Waals surface area (Å²) < 4.78 is 16.6. The molecule has 0 radical (unpaired) electrons. The molecule has 43 heavy (non-hydrogen) atoms. The average molecular weight is 607 g/mol. The van der Waals surface area contributed by atoms with Crippen molar-refractivity contribution in [1.29, 1.82) is 0 Å². The summed E-state index contributed by atoms with van der Waals surface area (Å²) in [4.78, 5) is 29.2. The van der Waals surface area contributed by atoms with Crippen LogP contribution in [0.2, 0.25) is 5.02 Å². The predicted octanol–water partition coefficient (Wildman–Crippen LogP) is 6.50. The third-order valence-corrected chi connectivity index (χ3v) is 8.84. The minimum atomic E-state index is -1.10. The second-order valence-corrected chi connectivity index (χ2v) is 12.1. The number of benzene rings is 3. The summed E-state index contributed by atoms with van der Waals surface area (Å²) in [5.74, 6) is 1.13. The lowest BCUT2D eigenvalue weighted by Crippen LogP contribution is -2.44. The fourth-order valence-corrected chi connectivity index (χ4v) is 6.40. The number of aliphatic hydroxyl groups is 1. The van der Waals surface area contributed by atoms with E-state index >= 15 is 0 Å². The number of methoxy groups -OCH3 is 2. The maximum absolute atomic E-state index is 13.8. The van der Waals surface area contributed by atoms with Gasteiger partial charge in [-0.2, -0.15) is 0 Å². The van der Waals surface area contributed by atoms with Crippen LogP contribution in [0.1, 0.15) is 61.9 Å². The normalized spacial score (nSPS) is 18.7. The van der Waals surface area contributed by atoms with E-state index < -0.39 is 11.6 Å². The van der Waals surface area contributed by atoms with E-state index in [0.717, 1.165) is 27.9 Å². The molecule has 0 aromatic heterocycles. The molecule has 2 heterocycles. The minimum absolute atomic E-state index is 0.0288. The number of anilines is 1. The Bertz CT molecular complexity index is 1460. The third kappa shape index (κ3) is 6.17. The van der Waals surface area contributed by atoms with E-state index in [-0.39, 0.29) is 30.4 Å². The van der Waals surface area contributed by atoms with Gasteiger partial charge in [0.05, 0.1) is 38.4 Å². The first-order chi connectivity index (χ1) is 20.5. The number of nitrogens with zero attached hydrogens (tertiary/aromatic N) is 2. The number of halogens is 1. The number of amides is 2. The molecule has 9 heteroatoms. The molecular formula is C34H39ClN2O6. The highest BCUT2D eigenvalue weighted by atomic mass is 35.5. The van der Waals surface area contributed by atoms with Gasteiger partial charge in [-0.05, 0) is 98.2 Å². The smallest absolute Gasteiger partial charge is 0.409 e. The lowest BCUT2D eigenvalue weighted by molar-refractivity contribution is -0.118. The van der Waals surface area contributed by atoms with Crippen LogP contribution in [0.4, 0.5) is 10.5 Å². The molecule has 0 spiro atoms. The number of ether oxygens (including phenoxy) is 3. The molecule has 0 bridgehead atoms. The first kappa shape index (κ1) is 30.7. The van der Waals surface area contributed by atoms with Crippen LogP contribution in [0.15, 0.2) is 60.7 Å². The zero-order valence-corrected chi connectivity index (χ0v) is 26.1. The Morgan fingerprint density at radius 3 is 2.23 bits per heavy atom. The molecule has 8 nitrogen and oxygen atoms in total. The first-order valence-corrected chi connectivity index (χ1v) is 15.0. The molecule has 3 aromatic rings. The maximum Gasteiger partial charge on any atom is 0.409 e. The molecule has 1 fully saturated rings. The zero-order valence-electron chi connectivity index (χ0n) is 25.3. The van der Waals surface area contributed by atoms with Gasteiger partial charge in [0.25, 0.3) is 0 Å². The highest BCUT2D eigenvalue weighted by Crippen LogP contribution is 2.44. The van der Waals surface area contributed by atoms with Gasteiger partial charge in [-0.1, -0.05) is 35.9 Å². The van der Waals surface area contributed by atoms with Gasteiger partial charge in [0.2, 0.25) is 5.91 Å². The largest absolute Gasteiger partial charge is 0.493 e. The minimum Gasteiger partial charge on any atom is -0.493 e. The van der Waals surface area contributed by atoms with Crippen LogP contribution in [0.3, 0.4) is 0 Å². The van der Waals surface area contributed by atoms with Gasteiger partial charge in [0.1, 0.15) is 0 Å². The quantitative estimate of drug-likeness (QED) is 0.330.